The summed E-state index contributed by atoms with van der Waals surface area (Å²) in [6.07, 6.45) is 9.06. The van der Waals surface area contributed by atoms with Crippen molar-refractivity contribution in [3.8, 4) is 0 Å². The van der Waals surface area contributed by atoms with Crippen LogP contribution in [0.15, 0.2) is 30.3 Å². The third kappa shape index (κ3) is 4.13. The number of likely N-dealkylation sites (tertiary alicyclic amines) is 1. The Kier molecular flexibility index (Phi) is 5.73. The van der Waals surface area contributed by atoms with Crippen LogP contribution in [0.3, 0.4) is 0 Å². The molecule has 1 aromatic carbocycles. The highest BCUT2D eigenvalue weighted by Crippen LogP contribution is 2.18. The highest BCUT2D eigenvalue weighted by molar-refractivity contribution is 5.14. The molecule has 0 aliphatic carbocycles. The fourth-order valence-corrected chi connectivity index (χ4v) is 2.98. The summed E-state index contributed by atoms with van der Waals surface area (Å²) in [5.41, 5.74) is 1.47. The first kappa shape index (κ1) is 13.6. The van der Waals surface area contributed by atoms with Gasteiger partial charge in [-0.3, -0.25) is 0 Å². The highest BCUT2D eigenvalue weighted by atomic mass is 15.2. The molecule has 1 heterocycles. The largest absolute Gasteiger partial charge is 0.300 e. The van der Waals surface area contributed by atoms with Crippen LogP contribution in [0.25, 0.3) is 0 Å². The van der Waals surface area contributed by atoms with Gasteiger partial charge in [0, 0.05) is 6.04 Å². The molecule has 1 fully saturated rings. The van der Waals surface area contributed by atoms with Crippen molar-refractivity contribution in [2.45, 2.75) is 51.0 Å². The van der Waals surface area contributed by atoms with Gasteiger partial charge >= 0.3 is 0 Å². The van der Waals surface area contributed by atoms with Crippen LogP contribution in [0.4, 0.5) is 0 Å². The van der Waals surface area contributed by atoms with Gasteiger partial charge in [0.1, 0.15) is 0 Å². The Hall–Kier alpha value is -0.820. The fourth-order valence-electron chi connectivity index (χ4n) is 2.98. The van der Waals surface area contributed by atoms with E-state index in [-0.39, 0.29) is 0 Å². The van der Waals surface area contributed by atoms with Gasteiger partial charge in [0.2, 0.25) is 0 Å². The SMILES string of the molecule is [CH2]CC(CCCc1ccccc1)N1CCCCC1. The Morgan fingerprint density at radius 3 is 2.44 bits per heavy atom. The summed E-state index contributed by atoms with van der Waals surface area (Å²) in [4.78, 5) is 2.67. The molecule has 1 nitrogen and oxygen atoms in total. The van der Waals surface area contributed by atoms with Crippen molar-refractivity contribution in [2.24, 2.45) is 0 Å². The summed E-state index contributed by atoms with van der Waals surface area (Å²) in [5.74, 6) is 0. The molecular weight excluding hydrogens is 218 g/mol. The van der Waals surface area contributed by atoms with Crippen molar-refractivity contribution in [1.82, 2.24) is 4.90 Å². The second-order valence-electron chi connectivity index (χ2n) is 5.42. The summed E-state index contributed by atoms with van der Waals surface area (Å²) in [7, 11) is 0. The molecule has 1 unspecified atom stereocenters. The van der Waals surface area contributed by atoms with Crippen LogP contribution < -0.4 is 0 Å². The molecule has 18 heavy (non-hydrogen) atoms. The summed E-state index contributed by atoms with van der Waals surface area (Å²) >= 11 is 0. The number of rotatable bonds is 6. The minimum Gasteiger partial charge on any atom is -0.300 e. The van der Waals surface area contributed by atoms with Crippen LogP contribution in [0.5, 0.6) is 0 Å². The molecule has 1 saturated heterocycles. The first-order valence-corrected chi connectivity index (χ1v) is 7.47. The number of piperidine rings is 1. The van der Waals surface area contributed by atoms with Gasteiger partial charge in [-0.15, -0.1) is 0 Å². The Morgan fingerprint density at radius 1 is 1.06 bits per heavy atom. The average Bonchev–Trinajstić information content (AvgIpc) is 2.46. The van der Waals surface area contributed by atoms with Crippen LogP contribution in [0, 0.1) is 6.92 Å². The summed E-state index contributed by atoms with van der Waals surface area (Å²) < 4.78 is 0. The Morgan fingerprint density at radius 2 is 1.78 bits per heavy atom. The van der Waals surface area contributed by atoms with E-state index < -0.39 is 0 Å². The first-order valence-electron chi connectivity index (χ1n) is 7.47. The molecule has 0 amide bonds. The maximum Gasteiger partial charge on any atom is 0.00953 e. The van der Waals surface area contributed by atoms with Gasteiger partial charge in [-0.25, -0.2) is 0 Å². The van der Waals surface area contributed by atoms with Gasteiger partial charge in [-0.05, 0) is 57.2 Å². The third-order valence-corrected chi connectivity index (χ3v) is 4.09. The van der Waals surface area contributed by atoms with E-state index in [0.29, 0.717) is 6.04 Å². The number of nitrogens with zero attached hydrogens (tertiary/aromatic N) is 1. The van der Waals surface area contributed by atoms with Crippen LogP contribution in [0.2, 0.25) is 0 Å². The minimum absolute atomic E-state index is 0.717. The zero-order valence-electron chi connectivity index (χ0n) is 11.5. The molecule has 1 atom stereocenters. The molecule has 1 heteroatoms. The molecule has 0 aromatic heterocycles. The lowest BCUT2D eigenvalue weighted by molar-refractivity contribution is 0.154. The second-order valence-corrected chi connectivity index (χ2v) is 5.42. The lowest BCUT2D eigenvalue weighted by Gasteiger charge is -2.34. The number of hydrogen-bond donors (Lipinski definition) is 0. The molecule has 0 bridgehead atoms. The molecule has 99 valence electrons. The molecule has 1 aliphatic heterocycles. The zero-order chi connectivity index (χ0) is 12.6. The highest BCUT2D eigenvalue weighted by Gasteiger charge is 2.18. The van der Waals surface area contributed by atoms with Crippen LogP contribution >= 0.6 is 0 Å². The van der Waals surface area contributed by atoms with E-state index in [9.17, 15) is 0 Å². The fraction of sp³-hybridized carbons (Fsp3) is 0.588. The van der Waals surface area contributed by atoms with Crippen molar-refractivity contribution in [1.29, 1.82) is 0 Å². The molecule has 0 saturated carbocycles. The monoisotopic (exact) mass is 244 g/mol. The number of benzene rings is 1. The predicted octanol–water partition coefficient (Wildman–Crippen LogP) is 4.09. The second kappa shape index (κ2) is 7.58. The topological polar surface area (TPSA) is 3.24 Å². The van der Waals surface area contributed by atoms with E-state index in [0.717, 1.165) is 6.42 Å². The van der Waals surface area contributed by atoms with Gasteiger partial charge in [0.05, 0.1) is 0 Å². The summed E-state index contributed by atoms with van der Waals surface area (Å²) in [6, 6.07) is 11.6. The van der Waals surface area contributed by atoms with Gasteiger partial charge in [0.15, 0.2) is 0 Å². The molecule has 0 N–H and O–H groups in total. The molecule has 1 aromatic rings. The van der Waals surface area contributed by atoms with Crippen LogP contribution in [-0.2, 0) is 6.42 Å². The van der Waals surface area contributed by atoms with Crippen molar-refractivity contribution in [2.75, 3.05) is 13.1 Å². The van der Waals surface area contributed by atoms with E-state index in [4.69, 9.17) is 0 Å². The van der Waals surface area contributed by atoms with Crippen molar-refractivity contribution in [3.63, 3.8) is 0 Å². The summed E-state index contributed by atoms with van der Waals surface area (Å²) in [6.45, 7) is 6.74. The van der Waals surface area contributed by atoms with E-state index in [1.165, 1.54) is 57.2 Å². The van der Waals surface area contributed by atoms with Crippen molar-refractivity contribution >= 4 is 0 Å². The maximum atomic E-state index is 4.15. The normalized spacial score (nSPS) is 18.7. The molecule has 1 radical (unpaired) electrons. The standard InChI is InChI=1S/C17H26N/c1-2-17(18-14-7-4-8-15-18)13-9-12-16-10-5-3-6-11-16/h3,5-6,10-11,17H,1-2,4,7-9,12-15H2. The predicted molar refractivity (Wildman–Crippen MR) is 78.6 cm³/mol. The van der Waals surface area contributed by atoms with Gasteiger partial charge in [-0.1, -0.05) is 43.7 Å². The van der Waals surface area contributed by atoms with E-state index in [1.54, 1.807) is 0 Å². The maximum absolute atomic E-state index is 4.15. The van der Waals surface area contributed by atoms with E-state index in [1.807, 2.05) is 0 Å². The lowest BCUT2D eigenvalue weighted by Crippen LogP contribution is -2.38. The number of aryl methyl sites for hydroxylation is 1. The van der Waals surface area contributed by atoms with Crippen molar-refractivity contribution < 1.29 is 0 Å². The van der Waals surface area contributed by atoms with Crippen LogP contribution in [0.1, 0.15) is 44.1 Å². The van der Waals surface area contributed by atoms with Gasteiger partial charge in [0.25, 0.3) is 0 Å². The molecule has 1 aliphatic rings. The zero-order valence-corrected chi connectivity index (χ0v) is 11.5. The molecule has 2 rings (SSSR count). The first-order chi connectivity index (χ1) is 8.90. The van der Waals surface area contributed by atoms with Crippen LogP contribution in [-0.4, -0.2) is 24.0 Å². The Labute approximate surface area is 112 Å². The summed E-state index contributed by atoms with van der Waals surface area (Å²) in [5, 5.41) is 0. The Bertz CT molecular complexity index is 314. The minimum atomic E-state index is 0.717. The van der Waals surface area contributed by atoms with E-state index >= 15 is 0 Å². The molecule has 0 spiro atoms. The number of hydrogen-bond acceptors (Lipinski definition) is 1. The quantitative estimate of drug-likeness (QED) is 0.728. The van der Waals surface area contributed by atoms with E-state index in [2.05, 4.69) is 42.2 Å². The van der Waals surface area contributed by atoms with Gasteiger partial charge in [-0.2, -0.15) is 0 Å². The smallest absolute Gasteiger partial charge is 0.00953 e. The van der Waals surface area contributed by atoms with Gasteiger partial charge < -0.3 is 4.90 Å². The molecular formula is C17H26N. The Balaban J connectivity index is 1.73. The lowest BCUT2D eigenvalue weighted by atomic mass is 10.00. The average molecular weight is 244 g/mol. The third-order valence-electron chi connectivity index (χ3n) is 4.09. The van der Waals surface area contributed by atoms with Crippen molar-refractivity contribution in [3.05, 3.63) is 42.8 Å².